The molecule has 0 aliphatic carbocycles. The van der Waals surface area contributed by atoms with Gasteiger partial charge in [-0.1, -0.05) is 104 Å². The highest BCUT2D eigenvalue weighted by Gasteiger charge is 2.00. The van der Waals surface area contributed by atoms with E-state index in [4.69, 9.17) is 5.90 Å². The quantitative estimate of drug-likeness (QED) is 0.213. The minimum Gasteiger partial charge on any atom is -0.261 e. The van der Waals surface area contributed by atoms with Crippen LogP contribution in [0.3, 0.4) is 0 Å². The number of rotatable bonds is 17. The molecular formula is C20H41NO. The summed E-state index contributed by atoms with van der Waals surface area (Å²) in [6.45, 7) is 6.57. The normalized spacial score (nSPS) is 13.0. The van der Waals surface area contributed by atoms with Crippen molar-refractivity contribution in [3.05, 3.63) is 0 Å². The molecule has 0 aromatic carbocycles. The summed E-state index contributed by atoms with van der Waals surface area (Å²) in [5, 5.41) is 0. The Labute approximate surface area is 140 Å². The third-order valence-corrected chi connectivity index (χ3v) is 4.57. The van der Waals surface area contributed by atoms with E-state index < -0.39 is 0 Å². The molecule has 0 saturated carbocycles. The van der Waals surface area contributed by atoms with Crippen LogP contribution >= 0.6 is 0 Å². The predicted molar refractivity (Wildman–Crippen MR) is 96.8 cm³/mol. The molecule has 0 N–H and O–H groups in total. The average Bonchev–Trinajstić information content (AvgIpc) is 2.50. The van der Waals surface area contributed by atoms with Crippen molar-refractivity contribution in [1.82, 2.24) is 5.90 Å². The topological polar surface area (TPSA) is 31.5 Å². The number of unbranched alkanes of at least 4 members (excludes halogenated alkanes) is 12. The summed E-state index contributed by atoms with van der Waals surface area (Å²) < 4.78 is 0. The van der Waals surface area contributed by atoms with Gasteiger partial charge in [0.2, 0.25) is 0 Å². The van der Waals surface area contributed by atoms with Gasteiger partial charge >= 0.3 is 0 Å². The fraction of sp³-hybridized carbons (Fsp3) is 1.00. The molecule has 0 amide bonds. The summed E-state index contributed by atoms with van der Waals surface area (Å²) in [4.78, 5) is 4.27. The van der Waals surface area contributed by atoms with Gasteiger partial charge in [-0.3, -0.25) is 4.84 Å². The molecule has 2 nitrogen and oxygen atoms in total. The monoisotopic (exact) mass is 311 g/mol. The van der Waals surface area contributed by atoms with E-state index in [2.05, 4.69) is 18.7 Å². The fourth-order valence-electron chi connectivity index (χ4n) is 2.98. The predicted octanol–water partition coefficient (Wildman–Crippen LogP) is 6.88. The lowest BCUT2D eigenvalue weighted by atomic mass is 10.0. The van der Waals surface area contributed by atoms with Crippen molar-refractivity contribution in [3.8, 4) is 0 Å². The van der Waals surface area contributed by atoms with Crippen LogP contribution in [0.15, 0.2) is 0 Å². The van der Waals surface area contributed by atoms with Crippen molar-refractivity contribution in [3.63, 3.8) is 0 Å². The van der Waals surface area contributed by atoms with E-state index in [1.807, 2.05) is 6.92 Å². The van der Waals surface area contributed by atoms with Gasteiger partial charge in [0.05, 0.1) is 6.10 Å². The van der Waals surface area contributed by atoms with E-state index in [0.29, 0.717) is 0 Å². The molecule has 0 aliphatic rings. The second kappa shape index (κ2) is 17.3. The molecule has 0 rings (SSSR count). The third kappa shape index (κ3) is 18.0. The van der Waals surface area contributed by atoms with Crippen molar-refractivity contribution < 1.29 is 4.84 Å². The van der Waals surface area contributed by atoms with Crippen molar-refractivity contribution in [2.75, 3.05) is 0 Å². The van der Waals surface area contributed by atoms with Crippen molar-refractivity contribution in [1.29, 1.82) is 0 Å². The Kier molecular flexibility index (Phi) is 17.2. The molecule has 0 heterocycles. The van der Waals surface area contributed by atoms with Crippen molar-refractivity contribution in [2.24, 2.45) is 5.92 Å². The zero-order chi connectivity index (χ0) is 16.5. The maximum Gasteiger partial charge on any atom is 0.0800 e. The zero-order valence-corrected chi connectivity index (χ0v) is 15.6. The zero-order valence-electron chi connectivity index (χ0n) is 15.6. The summed E-state index contributed by atoms with van der Waals surface area (Å²) in [6.07, 6.45) is 20.5. The number of hydrogen-bond acceptors (Lipinski definition) is 1. The van der Waals surface area contributed by atoms with E-state index in [0.717, 1.165) is 12.3 Å². The van der Waals surface area contributed by atoms with Gasteiger partial charge in [-0.15, -0.1) is 0 Å². The lowest BCUT2D eigenvalue weighted by molar-refractivity contribution is 0.0426. The Bertz CT molecular complexity index is 206. The van der Waals surface area contributed by atoms with Crippen LogP contribution in [0, 0.1) is 5.92 Å². The Hall–Kier alpha value is -0.0800. The van der Waals surface area contributed by atoms with E-state index in [1.54, 1.807) is 0 Å². The molecule has 132 valence electrons. The lowest BCUT2D eigenvalue weighted by Gasteiger charge is -2.06. The first-order chi connectivity index (χ1) is 10.7. The summed E-state index contributed by atoms with van der Waals surface area (Å²) >= 11 is 0. The summed E-state index contributed by atoms with van der Waals surface area (Å²) in [5.41, 5.74) is 0. The summed E-state index contributed by atoms with van der Waals surface area (Å²) in [6, 6.07) is 0. The van der Waals surface area contributed by atoms with Crippen molar-refractivity contribution >= 4 is 0 Å². The molecule has 0 aromatic heterocycles. The first kappa shape index (κ1) is 21.9. The van der Waals surface area contributed by atoms with Crippen LogP contribution in [-0.2, 0) is 4.84 Å². The van der Waals surface area contributed by atoms with Crippen LogP contribution in [0.4, 0.5) is 0 Å². The van der Waals surface area contributed by atoms with Gasteiger partial charge in [0.1, 0.15) is 0 Å². The molecule has 0 spiro atoms. The third-order valence-electron chi connectivity index (χ3n) is 4.57. The number of nitrogens with zero attached hydrogens (tertiary/aromatic N) is 1. The molecule has 0 saturated heterocycles. The smallest absolute Gasteiger partial charge is 0.0800 e. The second-order valence-corrected chi connectivity index (χ2v) is 7.48. The maximum absolute atomic E-state index is 8.46. The summed E-state index contributed by atoms with van der Waals surface area (Å²) in [7, 11) is 0. The van der Waals surface area contributed by atoms with Gasteiger partial charge in [0.25, 0.3) is 0 Å². The Balaban J connectivity index is 3.00. The molecule has 0 fully saturated rings. The molecular weight excluding hydrogens is 270 g/mol. The van der Waals surface area contributed by atoms with E-state index in [9.17, 15) is 0 Å². The van der Waals surface area contributed by atoms with Crippen LogP contribution in [0.1, 0.15) is 117 Å². The van der Waals surface area contributed by atoms with E-state index in [-0.39, 0.29) is 6.10 Å². The van der Waals surface area contributed by atoms with Gasteiger partial charge in [0, 0.05) is 5.90 Å². The summed E-state index contributed by atoms with van der Waals surface area (Å²) in [5.74, 6) is 9.34. The van der Waals surface area contributed by atoms with Gasteiger partial charge in [-0.2, -0.15) is 0 Å². The van der Waals surface area contributed by atoms with Crippen LogP contribution in [-0.4, -0.2) is 6.10 Å². The van der Waals surface area contributed by atoms with Gasteiger partial charge in [0.15, 0.2) is 0 Å². The van der Waals surface area contributed by atoms with Crippen LogP contribution in [0.5, 0.6) is 0 Å². The number of hydrogen-bond donors (Lipinski definition) is 0. The first-order valence-electron chi connectivity index (χ1n) is 9.97. The molecule has 1 unspecified atom stereocenters. The largest absolute Gasteiger partial charge is 0.261 e. The lowest BCUT2D eigenvalue weighted by Crippen LogP contribution is -2.05. The highest BCUT2D eigenvalue weighted by molar-refractivity contribution is 4.52. The van der Waals surface area contributed by atoms with E-state index in [1.165, 1.54) is 89.9 Å². The molecule has 0 aliphatic heterocycles. The standard InChI is InChI=1S/C20H41NO/c1-19(2)17-15-13-11-9-7-5-4-6-8-10-12-14-16-18-20(3)22-21/h19-20H,4-18H2,1-3H3. The molecule has 0 aromatic rings. The van der Waals surface area contributed by atoms with Crippen LogP contribution in [0.25, 0.3) is 0 Å². The molecule has 2 heteroatoms. The fourth-order valence-corrected chi connectivity index (χ4v) is 2.98. The minimum absolute atomic E-state index is 0.00498. The Morgan fingerprint density at radius 3 is 1.18 bits per heavy atom. The molecule has 1 atom stereocenters. The van der Waals surface area contributed by atoms with Gasteiger partial charge in [-0.25, -0.2) is 0 Å². The highest BCUT2D eigenvalue weighted by atomic mass is 16.6. The Morgan fingerprint density at radius 2 is 0.864 bits per heavy atom. The Morgan fingerprint density at radius 1 is 0.545 bits per heavy atom. The van der Waals surface area contributed by atoms with Crippen LogP contribution in [0.2, 0.25) is 0 Å². The molecule has 0 bridgehead atoms. The maximum atomic E-state index is 8.46. The first-order valence-corrected chi connectivity index (χ1v) is 9.97. The molecule has 22 heavy (non-hydrogen) atoms. The van der Waals surface area contributed by atoms with E-state index >= 15 is 0 Å². The van der Waals surface area contributed by atoms with Crippen molar-refractivity contribution in [2.45, 2.75) is 123 Å². The SMILES string of the molecule is CC(C)CCCCCCCCCCCCCCCC(C)O[N]. The van der Waals surface area contributed by atoms with Gasteiger partial charge < -0.3 is 0 Å². The average molecular weight is 312 g/mol. The highest BCUT2D eigenvalue weighted by Crippen LogP contribution is 2.14. The minimum atomic E-state index is 0.00498. The second-order valence-electron chi connectivity index (χ2n) is 7.48. The molecule has 2 radical (unpaired) electrons. The van der Waals surface area contributed by atoms with Gasteiger partial charge in [-0.05, 0) is 19.3 Å². The van der Waals surface area contributed by atoms with Crippen LogP contribution < -0.4 is 5.90 Å².